The molecule has 144 valence electrons. The van der Waals surface area contributed by atoms with E-state index in [0.29, 0.717) is 12.1 Å². The molecule has 0 aromatic heterocycles. The van der Waals surface area contributed by atoms with Crippen LogP contribution in [0.1, 0.15) is 19.8 Å². The summed E-state index contributed by atoms with van der Waals surface area (Å²) in [7, 11) is 1.78. The van der Waals surface area contributed by atoms with Crippen molar-refractivity contribution in [1.29, 1.82) is 0 Å². The zero-order valence-corrected chi connectivity index (χ0v) is 16.0. The second kappa shape index (κ2) is 9.71. The van der Waals surface area contributed by atoms with E-state index in [-0.39, 0.29) is 0 Å². The number of likely N-dealkylation sites (tertiary alicyclic amines) is 1. The highest BCUT2D eigenvalue weighted by Gasteiger charge is 2.31. The molecule has 4 rings (SSSR count). The van der Waals surface area contributed by atoms with E-state index in [2.05, 4.69) is 32.3 Å². The molecule has 0 aromatic rings. The van der Waals surface area contributed by atoms with Crippen molar-refractivity contribution >= 4 is 5.96 Å². The van der Waals surface area contributed by atoms with Crippen molar-refractivity contribution in [1.82, 2.24) is 25.3 Å². The Labute approximate surface area is 152 Å². The van der Waals surface area contributed by atoms with Gasteiger partial charge in [0.1, 0.15) is 0 Å². The molecule has 0 radical (unpaired) electrons. The summed E-state index contributed by atoms with van der Waals surface area (Å²) in [6.07, 6.45) is 2.36. The van der Waals surface area contributed by atoms with Crippen LogP contribution in [0.5, 0.6) is 0 Å². The van der Waals surface area contributed by atoms with Crippen LogP contribution in [0.15, 0.2) is 4.99 Å². The fourth-order valence-corrected chi connectivity index (χ4v) is 4.13. The lowest BCUT2D eigenvalue weighted by Crippen LogP contribution is -2.62. The molecule has 0 amide bonds. The molecule has 7 nitrogen and oxygen atoms in total. The summed E-state index contributed by atoms with van der Waals surface area (Å²) >= 11 is 0. The van der Waals surface area contributed by atoms with E-state index < -0.39 is 0 Å². The van der Waals surface area contributed by atoms with Crippen molar-refractivity contribution in [2.75, 3.05) is 79.2 Å². The molecule has 1 unspecified atom stereocenters. The molecule has 4 aliphatic rings. The summed E-state index contributed by atoms with van der Waals surface area (Å²) in [5, 5.41) is 7.10. The number of piperazine rings is 3. The second-order valence-electron chi connectivity index (χ2n) is 7.46. The Balaban J connectivity index is 1.45. The lowest BCUT2D eigenvalue weighted by Gasteiger charge is -2.47. The molecule has 25 heavy (non-hydrogen) atoms. The average Bonchev–Trinajstić information content (AvgIpc) is 2.67. The minimum absolute atomic E-state index is 0.531. The molecule has 0 spiro atoms. The molecule has 4 aliphatic heterocycles. The van der Waals surface area contributed by atoms with Gasteiger partial charge in [0, 0.05) is 78.1 Å². The van der Waals surface area contributed by atoms with Gasteiger partial charge in [-0.2, -0.15) is 0 Å². The van der Waals surface area contributed by atoms with Gasteiger partial charge in [-0.25, -0.2) is 0 Å². The maximum atomic E-state index is 5.18. The van der Waals surface area contributed by atoms with E-state index >= 15 is 0 Å². The summed E-state index contributed by atoms with van der Waals surface area (Å²) in [4.78, 5) is 12.6. The van der Waals surface area contributed by atoms with Gasteiger partial charge < -0.3 is 20.3 Å². The van der Waals surface area contributed by atoms with Crippen LogP contribution < -0.4 is 10.6 Å². The second-order valence-corrected chi connectivity index (χ2v) is 7.46. The lowest BCUT2D eigenvalue weighted by molar-refractivity contribution is 0.0174. The maximum Gasteiger partial charge on any atom is 0.191 e. The van der Waals surface area contributed by atoms with Crippen LogP contribution in [0.25, 0.3) is 0 Å². The molecule has 1 atom stereocenters. The van der Waals surface area contributed by atoms with E-state index in [0.717, 1.165) is 45.3 Å². The first-order valence-electron chi connectivity index (χ1n) is 10.0. The quantitative estimate of drug-likeness (QED) is 0.483. The summed E-state index contributed by atoms with van der Waals surface area (Å²) in [6.45, 7) is 14.2. The monoisotopic (exact) mass is 352 g/mol. The van der Waals surface area contributed by atoms with Crippen LogP contribution in [0, 0.1) is 0 Å². The van der Waals surface area contributed by atoms with Crippen molar-refractivity contribution < 1.29 is 4.74 Å². The molecule has 2 bridgehead atoms. The standard InChI is InChI=1S/C18H36N6O/c1-3-19-18(20-14-17-15-23-8-10-24(17)11-9-23)21-16-4-6-22(7-5-16)12-13-25-2/h16-17H,3-15H2,1-2H3,(H2,19,20,21). The number of hydrogen-bond acceptors (Lipinski definition) is 5. The van der Waals surface area contributed by atoms with E-state index in [1.54, 1.807) is 7.11 Å². The Bertz CT molecular complexity index is 416. The number of fused-ring (bicyclic) bond motifs is 3. The van der Waals surface area contributed by atoms with Gasteiger partial charge in [-0.15, -0.1) is 0 Å². The predicted molar refractivity (Wildman–Crippen MR) is 102 cm³/mol. The number of aliphatic imine (C=N–C) groups is 1. The van der Waals surface area contributed by atoms with Crippen LogP contribution in [0.3, 0.4) is 0 Å². The molecule has 0 saturated carbocycles. The van der Waals surface area contributed by atoms with Gasteiger partial charge in [0.15, 0.2) is 5.96 Å². The van der Waals surface area contributed by atoms with Crippen molar-refractivity contribution in [3.63, 3.8) is 0 Å². The predicted octanol–water partition coefficient (Wildman–Crippen LogP) is -0.348. The Kier molecular flexibility index (Phi) is 7.34. The van der Waals surface area contributed by atoms with Gasteiger partial charge in [0.2, 0.25) is 0 Å². The van der Waals surface area contributed by atoms with Crippen LogP contribution in [0.4, 0.5) is 0 Å². The Morgan fingerprint density at radius 2 is 1.88 bits per heavy atom. The first-order chi connectivity index (χ1) is 12.3. The number of rotatable bonds is 7. The number of hydrogen-bond donors (Lipinski definition) is 2. The van der Waals surface area contributed by atoms with E-state index in [1.807, 2.05) is 0 Å². The molecule has 4 fully saturated rings. The largest absolute Gasteiger partial charge is 0.383 e. The zero-order chi connectivity index (χ0) is 17.5. The summed E-state index contributed by atoms with van der Waals surface area (Å²) in [5.41, 5.74) is 0. The number of piperidine rings is 1. The normalized spacial score (nSPS) is 31.3. The van der Waals surface area contributed by atoms with E-state index in [1.165, 1.54) is 45.6 Å². The number of methoxy groups -OCH3 is 1. The Morgan fingerprint density at radius 1 is 1.12 bits per heavy atom. The van der Waals surface area contributed by atoms with Gasteiger partial charge in [-0.3, -0.25) is 14.8 Å². The summed E-state index contributed by atoms with van der Waals surface area (Å²) in [6, 6.07) is 1.12. The SMILES string of the molecule is CCNC(=NCC1CN2CCN1CC2)NC1CCN(CCOC)CC1. The van der Waals surface area contributed by atoms with Gasteiger partial charge in [-0.1, -0.05) is 0 Å². The number of ether oxygens (including phenoxy) is 1. The Morgan fingerprint density at radius 3 is 2.48 bits per heavy atom. The highest BCUT2D eigenvalue weighted by Crippen LogP contribution is 2.15. The van der Waals surface area contributed by atoms with Gasteiger partial charge in [0.05, 0.1) is 13.2 Å². The molecular weight excluding hydrogens is 316 g/mol. The fourth-order valence-electron chi connectivity index (χ4n) is 4.13. The Hall–Kier alpha value is -0.890. The van der Waals surface area contributed by atoms with E-state index in [9.17, 15) is 0 Å². The number of guanidine groups is 1. The maximum absolute atomic E-state index is 5.18. The number of nitrogens with one attached hydrogen (secondary N) is 2. The topological polar surface area (TPSA) is 55.4 Å². The average molecular weight is 353 g/mol. The van der Waals surface area contributed by atoms with Crippen LogP contribution in [-0.2, 0) is 4.74 Å². The molecule has 0 aliphatic carbocycles. The third-order valence-corrected chi connectivity index (χ3v) is 5.74. The first-order valence-corrected chi connectivity index (χ1v) is 10.0. The van der Waals surface area contributed by atoms with Crippen molar-refractivity contribution in [3.8, 4) is 0 Å². The third kappa shape index (κ3) is 5.54. The number of nitrogens with zero attached hydrogens (tertiary/aromatic N) is 4. The van der Waals surface area contributed by atoms with Crippen molar-refractivity contribution in [2.45, 2.75) is 31.8 Å². The van der Waals surface area contributed by atoms with Gasteiger partial charge in [0.25, 0.3) is 0 Å². The summed E-state index contributed by atoms with van der Waals surface area (Å²) < 4.78 is 5.18. The molecule has 7 heteroatoms. The minimum Gasteiger partial charge on any atom is -0.383 e. The fraction of sp³-hybridized carbons (Fsp3) is 0.944. The van der Waals surface area contributed by atoms with Gasteiger partial charge >= 0.3 is 0 Å². The highest BCUT2D eigenvalue weighted by atomic mass is 16.5. The summed E-state index contributed by atoms with van der Waals surface area (Å²) in [5.74, 6) is 0.996. The molecule has 4 saturated heterocycles. The molecule has 0 aromatic carbocycles. The molecule has 2 N–H and O–H groups in total. The van der Waals surface area contributed by atoms with Crippen LogP contribution >= 0.6 is 0 Å². The zero-order valence-electron chi connectivity index (χ0n) is 16.0. The molecular formula is C18H36N6O. The van der Waals surface area contributed by atoms with Crippen LogP contribution in [0.2, 0.25) is 0 Å². The molecule has 4 heterocycles. The van der Waals surface area contributed by atoms with Gasteiger partial charge in [-0.05, 0) is 19.8 Å². The van der Waals surface area contributed by atoms with Crippen LogP contribution in [-0.4, -0.2) is 112 Å². The first kappa shape index (κ1) is 18.9. The third-order valence-electron chi connectivity index (χ3n) is 5.74. The smallest absolute Gasteiger partial charge is 0.191 e. The van der Waals surface area contributed by atoms with Crippen molar-refractivity contribution in [2.24, 2.45) is 4.99 Å². The minimum atomic E-state index is 0.531. The van der Waals surface area contributed by atoms with Crippen molar-refractivity contribution in [3.05, 3.63) is 0 Å². The highest BCUT2D eigenvalue weighted by molar-refractivity contribution is 5.80. The lowest BCUT2D eigenvalue weighted by atomic mass is 10.1. The van der Waals surface area contributed by atoms with E-state index in [4.69, 9.17) is 9.73 Å².